The van der Waals surface area contributed by atoms with E-state index in [2.05, 4.69) is 84.9 Å². The van der Waals surface area contributed by atoms with Gasteiger partial charge in [-0.1, -0.05) is 67.8 Å². The van der Waals surface area contributed by atoms with Crippen LogP contribution in [0.15, 0.2) is 99.6 Å². The van der Waals surface area contributed by atoms with E-state index in [0.717, 1.165) is 5.92 Å². The van der Waals surface area contributed by atoms with Gasteiger partial charge in [0.05, 0.1) is 10.9 Å². The second kappa shape index (κ2) is 9.11. The van der Waals surface area contributed by atoms with Gasteiger partial charge < -0.3 is 0 Å². The fourth-order valence-electron chi connectivity index (χ4n) is 3.83. The first-order valence-electron chi connectivity index (χ1n) is 10.4. The fourth-order valence-corrected chi connectivity index (χ4v) is 5.92. The predicted molar refractivity (Wildman–Crippen MR) is 121 cm³/mol. The second-order valence-electron chi connectivity index (χ2n) is 7.79. The summed E-state index contributed by atoms with van der Waals surface area (Å²) in [6.07, 6.45) is 6.93. The molecule has 0 aliphatic heterocycles. The van der Waals surface area contributed by atoms with Crippen molar-refractivity contribution in [2.24, 2.45) is 0 Å². The molecule has 0 N–H and O–H groups in total. The van der Waals surface area contributed by atoms with Crippen LogP contribution in [0.4, 0.5) is 25.2 Å². The van der Waals surface area contributed by atoms with Crippen LogP contribution in [-0.2, 0) is 10.9 Å². The average molecular weight is 490 g/mol. The Hall–Kier alpha value is -1.98. The molecule has 0 spiro atoms. The van der Waals surface area contributed by atoms with Gasteiger partial charge in [-0.05, 0) is 60.7 Å². The summed E-state index contributed by atoms with van der Waals surface area (Å²) in [6.45, 7) is 0. The minimum Gasteiger partial charge on any atom is -0.0619 e. The molecule has 0 saturated heterocycles. The molecule has 174 valence electrons. The molecule has 1 saturated carbocycles. The molecule has 3 aromatic carbocycles. The Morgan fingerprint density at radius 2 is 0.906 bits per heavy atom. The number of halogens is 6. The van der Waals surface area contributed by atoms with E-state index < -0.39 is 7.81 Å². The molecule has 0 heterocycles. The third-order valence-corrected chi connectivity index (χ3v) is 7.38. The monoisotopic (exact) mass is 490 g/mol. The second-order valence-corrected chi connectivity index (χ2v) is 11.7. The summed E-state index contributed by atoms with van der Waals surface area (Å²) in [5.41, 5.74) is 1.54. The summed E-state index contributed by atoms with van der Waals surface area (Å²) in [5, 5.41) is 0. The van der Waals surface area contributed by atoms with Crippen molar-refractivity contribution in [3.63, 3.8) is 0 Å². The van der Waals surface area contributed by atoms with Crippen LogP contribution in [0.2, 0.25) is 0 Å². The van der Waals surface area contributed by atoms with Crippen molar-refractivity contribution in [2.45, 2.75) is 52.7 Å². The summed E-state index contributed by atoms with van der Waals surface area (Å²) >= 11 is 0. The number of hydrogen-bond acceptors (Lipinski definition) is 0. The molecule has 1 aliphatic rings. The maximum Gasteiger partial charge on any atom is 0.166 e. The van der Waals surface area contributed by atoms with Crippen molar-refractivity contribution < 1.29 is 25.2 Å². The van der Waals surface area contributed by atoms with Gasteiger partial charge in [0.15, 0.2) is 14.7 Å². The number of hydrogen-bond donors (Lipinski definition) is 0. The normalized spacial score (nSPS) is 17.1. The third-order valence-electron chi connectivity index (χ3n) is 5.15. The van der Waals surface area contributed by atoms with Gasteiger partial charge in [-0.2, -0.15) is 0 Å². The van der Waals surface area contributed by atoms with Crippen LogP contribution in [0, 0.1) is 0 Å². The van der Waals surface area contributed by atoms with Crippen LogP contribution in [0.5, 0.6) is 0 Å². The molecule has 8 heteroatoms. The van der Waals surface area contributed by atoms with E-state index in [1.807, 2.05) is 0 Å². The summed E-state index contributed by atoms with van der Waals surface area (Å²) < 4.78 is 59.2. The summed E-state index contributed by atoms with van der Waals surface area (Å²) in [4.78, 5) is 4.19. The molecule has 32 heavy (non-hydrogen) atoms. The molecule has 0 atom stereocenters. The van der Waals surface area contributed by atoms with Gasteiger partial charge in [-0.25, -0.2) is 0 Å². The zero-order chi connectivity index (χ0) is 23.3. The van der Waals surface area contributed by atoms with Gasteiger partial charge in [0.2, 0.25) is 0 Å². The van der Waals surface area contributed by atoms with Gasteiger partial charge in [0.25, 0.3) is 0 Å². The van der Waals surface area contributed by atoms with Crippen molar-refractivity contribution in [1.82, 2.24) is 0 Å². The predicted octanol–water partition coefficient (Wildman–Crippen LogP) is 10.2. The molecule has 0 unspecified atom stereocenters. The van der Waals surface area contributed by atoms with E-state index in [-0.39, 0.29) is 10.9 Å². The Kier molecular flexibility index (Phi) is 7.02. The van der Waals surface area contributed by atoms with Crippen LogP contribution in [-0.4, -0.2) is 0 Å². The fraction of sp³-hybridized carbons (Fsp3) is 0.250. The first kappa shape index (κ1) is 24.7. The van der Waals surface area contributed by atoms with Gasteiger partial charge in [0, 0.05) is 0 Å². The Morgan fingerprint density at radius 3 is 1.31 bits per heavy atom. The Bertz CT molecular complexity index is 933. The molecule has 1 fully saturated rings. The van der Waals surface area contributed by atoms with Crippen molar-refractivity contribution in [3.05, 3.63) is 90.5 Å². The minimum absolute atomic E-state index is 0.0278. The van der Waals surface area contributed by atoms with E-state index in [4.69, 9.17) is 0 Å². The molecule has 3 aromatic rings. The number of rotatable bonds is 4. The maximum atomic E-state index is 9.87. The topological polar surface area (TPSA) is 0 Å². The van der Waals surface area contributed by atoms with Gasteiger partial charge >= 0.3 is 33.0 Å². The third kappa shape index (κ3) is 8.87. The van der Waals surface area contributed by atoms with Crippen LogP contribution < -0.4 is 0 Å². The Balaban J connectivity index is 0.000000360. The molecular formula is C24H25F6PS. The van der Waals surface area contributed by atoms with Gasteiger partial charge in [-0.3, -0.25) is 0 Å². The van der Waals surface area contributed by atoms with Gasteiger partial charge in [0.1, 0.15) is 0 Å². The van der Waals surface area contributed by atoms with Crippen molar-refractivity contribution in [1.29, 1.82) is 0 Å². The van der Waals surface area contributed by atoms with Crippen molar-refractivity contribution in [2.75, 3.05) is 0 Å². The van der Waals surface area contributed by atoms with Crippen molar-refractivity contribution in [3.8, 4) is 0 Å². The quantitative estimate of drug-likeness (QED) is 0.194. The Morgan fingerprint density at radius 1 is 0.531 bits per heavy atom. The first-order chi connectivity index (χ1) is 14.9. The zero-order valence-corrected chi connectivity index (χ0v) is 19.0. The largest absolute Gasteiger partial charge is 0.166 e. The molecule has 0 bridgehead atoms. The Labute approximate surface area is 187 Å². The standard InChI is InChI=1S/C24H25S.F6P/c1-4-10-20(11-5-1)21-16-18-24(19-17-21)25(22-12-6-2-7-13-22)23-14-8-3-9-15-23;1-7(2,3,4,5)6/h2-3,6-9,12-20H,1,4-5,10-11H2;/q+1;-1. The summed E-state index contributed by atoms with van der Waals surface area (Å²) in [6, 6.07) is 31.3. The summed E-state index contributed by atoms with van der Waals surface area (Å²) in [7, 11) is -10.7. The van der Waals surface area contributed by atoms with E-state index in [0.29, 0.717) is 0 Å². The van der Waals surface area contributed by atoms with Crippen LogP contribution in [0.3, 0.4) is 0 Å². The minimum atomic E-state index is -10.7. The molecular weight excluding hydrogens is 465 g/mol. The van der Waals surface area contributed by atoms with E-state index >= 15 is 0 Å². The van der Waals surface area contributed by atoms with Crippen LogP contribution >= 0.6 is 7.81 Å². The molecule has 0 radical (unpaired) electrons. The van der Waals surface area contributed by atoms with Crippen LogP contribution in [0.25, 0.3) is 0 Å². The maximum absolute atomic E-state index is 10.7. The number of benzene rings is 3. The SMILES string of the molecule is F[P-](F)(F)(F)(F)F.c1ccc([S+](c2ccccc2)c2ccc(C3CCCCC3)cc2)cc1. The summed E-state index contributed by atoms with van der Waals surface area (Å²) in [5.74, 6) is 0.776. The average Bonchev–Trinajstić information content (AvgIpc) is 2.74. The van der Waals surface area contributed by atoms with E-state index in [1.165, 1.54) is 52.4 Å². The molecule has 0 aromatic heterocycles. The molecule has 0 nitrogen and oxygen atoms in total. The first-order valence-corrected chi connectivity index (χ1v) is 13.6. The van der Waals surface area contributed by atoms with E-state index in [1.54, 1.807) is 0 Å². The van der Waals surface area contributed by atoms with Crippen LogP contribution in [0.1, 0.15) is 43.6 Å². The van der Waals surface area contributed by atoms with Gasteiger partial charge in [-0.15, -0.1) is 0 Å². The molecule has 0 amide bonds. The zero-order valence-electron chi connectivity index (χ0n) is 17.3. The molecule has 4 rings (SSSR count). The molecule has 1 aliphatic carbocycles. The van der Waals surface area contributed by atoms with Crippen molar-refractivity contribution >= 4 is 18.7 Å². The van der Waals surface area contributed by atoms with E-state index in [9.17, 15) is 25.2 Å². The smallest absolute Gasteiger partial charge is 0.0619 e.